The standard InChI is InChI=1S/C55H64N4O7/c1-2-3-7-24-50(41-18-10-5-11-19-41)66-55(64)58-52(42-20-12-6-13-21-42)44-22-14-23-45(35-44)65-38-40-25-27-43(28-26-40)54(63)59(37-39-16-8-4-9-17-39)34-15-33-56-36-49(61)46-29-31-48(60)53-47(46)30-32-51(62)57-53/h4,6,8-9,12-14,16-17,20-23,25-32,35,41,49-50,52,56,60-61H,2-3,5,7,10-11,15,18-19,24,33-34,36-38H2,1H3,(H,57,62)(H,58,64). The molecule has 6 aromatic rings. The first-order valence-electron chi connectivity index (χ1n) is 23.7. The highest BCUT2D eigenvalue weighted by Crippen LogP contribution is 2.32. The van der Waals surface area contributed by atoms with Crippen molar-refractivity contribution in [3.8, 4) is 11.5 Å². The number of alkyl carbamates (subject to hydrolysis) is 1. The minimum atomic E-state index is -0.880. The van der Waals surface area contributed by atoms with Crippen molar-refractivity contribution in [2.24, 2.45) is 5.92 Å². The van der Waals surface area contributed by atoms with Crippen LogP contribution in [-0.4, -0.2) is 57.8 Å². The summed E-state index contributed by atoms with van der Waals surface area (Å²) in [5.41, 5.74) is 4.86. The molecule has 0 radical (unpaired) electrons. The largest absolute Gasteiger partial charge is 0.506 e. The maximum Gasteiger partial charge on any atom is 0.408 e. The molecule has 5 aromatic carbocycles. The summed E-state index contributed by atoms with van der Waals surface area (Å²) in [6, 6.07) is 40.8. The number of aliphatic hydroxyl groups excluding tert-OH is 1. The van der Waals surface area contributed by atoms with Gasteiger partial charge in [0, 0.05) is 36.7 Å². The van der Waals surface area contributed by atoms with Crippen LogP contribution in [0.5, 0.6) is 11.5 Å². The number of phenols is 1. The lowest BCUT2D eigenvalue weighted by atomic mass is 9.83. The van der Waals surface area contributed by atoms with Gasteiger partial charge in [-0.2, -0.15) is 0 Å². The third kappa shape index (κ3) is 13.3. The molecule has 5 N–H and O–H groups in total. The van der Waals surface area contributed by atoms with E-state index in [0.717, 1.165) is 60.8 Å². The van der Waals surface area contributed by atoms with E-state index in [4.69, 9.17) is 9.47 Å². The van der Waals surface area contributed by atoms with Crippen molar-refractivity contribution in [3.05, 3.63) is 177 Å². The van der Waals surface area contributed by atoms with Crippen molar-refractivity contribution in [2.75, 3.05) is 19.6 Å². The molecule has 1 aromatic heterocycles. The number of hydrogen-bond acceptors (Lipinski definition) is 8. The van der Waals surface area contributed by atoms with Gasteiger partial charge in [0.25, 0.3) is 5.91 Å². The molecule has 1 heterocycles. The molecule has 11 nitrogen and oxygen atoms in total. The van der Waals surface area contributed by atoms with Crippen LogP contribution in [0.2, 0.25) is 0 Å². The first-order valence-corrected chi connectivity index (χ1v) is 23.7. The Kier molecular flexibility index (Phi) is 17.4. The van der Waals surface area contributed by atoms with E-state index in [1.54, 1.807) is 12.1 Å². The minimum absolute atomic E-state index is 0.0582. The molecule has 0 spiro atoms. The number of nitrogens with zero attached hydrogens (tertiary/aromatic N) is 1. The molecule has 1 saturated carbocycles. The first kappa shape index (κ1) is 47.5. The number of benzene rings is 5. The van der Waals surface area contributed by atoms with E-state index in [-0.39, 0.29) is 42.0 Å². The van der Waals surface area contributed by atoms with E-state index in [2.05, 4.69) is 22.5 Å². The molecule has 1 aliphatic carbocycles. The zero-order valence-corrected chi connectivity index (χ0v) is 38.0. The molecule has 11 heteroatoms. The predicted molar refractivity (Wildman–Crippen MR) is 259 cm³/mol. The summed E-state index contributed by atoms with van der Waals surface area (Å²) in [5, 5.41) is 28.3. The molecule has 0 aliphatic heterocycles. The Labute approximate surface area is 388 Å². The maximum atomic E-state index is 14.0. The van der Waals surface area contributed by atoms with Crippen LogP contribution in [0.4, 0.5) is 4.79 Å². The summed E-state index contributed by atoms with van der Waals surface area (Å²) in [6.45, 7) is 4.21. The van der Waals surface area contributed by atoms with Crippen LogP contribution in [0.25, 0.3) is 10.9 Å². The van der Waals surface area contributed by atoms with E-state index in [9.17, 15) is 24.6 Å². The Morgan fingerprint density at radius 1 is 0.803 bits per heavy atom. The van der Waals surface area contributed by atoms with E-state index in [1.807, 2.05) is 114 Å². The van der Waals surface area contributed by atoms with Crippen molar-refractivity contribution in [3.63, 3.8) is 0 Å². The van der Waals surface area contributed by atoms with Gasteiger partial charge in [-0.3, -0.25) is 9.59 Å². The molecule has 3 unspecified atom stereocenters. The van der Waals surface area contributed by atoms with Crippen LogP contribution < -0.4 is 20.9 Å². The Hall–Kier alpha value is -6.43. The number of aromatic amines is 1. The lowest BCUT2D eigenvalue weighted by Crippen LogP contribution is -2.36. The van der Waals surface area contributed by atoms with Crippen LogP contribution in [0.1, 0.15) is 121 Å². The van der Waals surface area contributed by atoms with Gasteiger partial charge in [-0.05, 0) is 109 Å². The average Bonchev–Trinajstić information content (AvgIpc) is 3.35. The number of rotatable bonds is 22. The van der Waals surface area contributed by atoms with Gasteiger partial charge >= 0.3 is 6.09 Å². The summed E-state index contributed by atoms with van der Waals surface area (Å²) in [6.07, 6.45) is 9.36. The normalized spacial score (nSPS) is 14.3. The van der Waals surface area contributed by atoms with E-state index >= 15 is 0 Å². The van der Waals surface area contributed by atoms with Gasteiger partial charge in [0.15, 0.2) is 0 Å². The van der Waals surface area contributed by atoms with Gasteiger partial charge in [0.1, 0.15) is 24.2 Å². The van der Waals surface area contributed by atoms with Crippen molar-refractivity contribution in [2.45, 2.75) is 103 Å². The van der Waals surface area contributed by atoms with Gasteiger partial charge in [0.05, 0.1) is 17.7 Å². The number of aromatic nitrogens is 1. The number of carbonyl (C=O) groups is 2. The number of aromatic hydroxyl groups is 1. The van der Waals surface area contributed by atoms with E-state index < -0.39 is 18.2 Å². The van der Waals surface area contributed by atoms with Gasteiger partial charge in [-0.25, -0.2) is 4.79 Å². The number of ether oxygens (including phenoxy) is 2. The van der Waals surface area contributed by atoms with E-state index in [1.165, 1.54) is 31.4 Å². The Balaban J connectivity index is 0.955. The molecule has 0 bridgehead atoms. The smallest absolute Gasteiger partial charge is 0.408 e. The van der Waals surface area contributed by atoms with Crippen LogP contribution in [-0.2, 0) is 17.9 Å². The summed E-state index contributed by atoms with van der Waals surface area (Å²) in [5.74, 6) is 0.919. The number of pyridine rings is 1. The lowest BCUT2D eigenvalue weighted by Gasteiger charge is -2.31. The zero-order chi connectivity index (χ0) is 46.1. The number of amides is 2. The second-order valence-electron chi connectivity index (χ2n) is 17.5. The molecular formula is C55H64N4O7. The molecule has 346 valence electrons. The number of unbranched alkanes of at least 4 members (excludes halogenated alkanes) is 2. The van der Waals surface area contributed by atoms with Crippen molar-refractivity contribution in [1.29, 1.82) is 0 Å². The number of nitrogens with one attached hydrogen (secondary N) is 3. The van der Waals surface area contributed by atoms with Gasteiger partial charge in [-0.1, -0.05) is 130 Å². The molecule has 2 amide bonds. The maximum absolute atomic E-state index is 14.0. The average molecular weight is 893 g/mol. The lowest BCUT2D eigenvalue weighted by molar-refractivity contribution is 0.0401. The number of carbonyl (C=O) groups excluding carboxylic acids is 2. The quantitative estimate of drug-likeness (QED) is 0.0422. The molecule has 0 saturated heterocycles. The van der Waals surface area contributed by atoms with Crippen LogP contribution in [0, 0.1) is 5.92 Å². The van der Waals surface area contributed by atoms with Crippen LogP contribution in [0.3, 0.4) is 0 Å². The highest BCUT2D eigenvalue weighted by atomic mass is 16.6. The third-order valence-corrected chi connectivity index (χ3v) is 12.6. The van der Waals surface area contributed by atoms with Gasteiger partial charge in [-0.15, -0.1) is 0 Å². The first-order chi connectivity index (χ1) is 32.2. The SMILES string of the molecule is CCCCCC(OC(=O)NC(c1ccccc1)c1cccc(OCc2ccc(C(=O)N(CCCNCC(O)c3ccc(O)c4[nH]c(=O)ccc34)Cc3ccccc3)cc2)c1)C1CCCCC1. The summed E-state index contributed by atoms with van der Waals surface area (Å²) in [7, 11) is 0. The summed E-state index contributed by atoms with van der Waals surface area (Å²) >= 11 is 0. The topological polar surface area (TPSA) is 153 Å². The fourth-order valence-electron chi connectivity index (χ4n) is 9.01. The van der Waals surface area contributed by atoms with Crippen molar-refractivity contribution in [1.82, 2.24) is 20.5 Å². The van der Waals surface area contributed by atoms with Gasteiger partial charge < -0.3 is 40.2 Å². The fourth-order valence-corrected chi connectivity index (χ4v) is 9.01. The number of hydrogen-bond donors (Lipinski definition) is 5. The number of phenolic OH excluding ortho intramolecular Hbond substituents is 1. The zero-order valence-electron chi connectivity index (χ0n) is 38.0. The second-order valence-corrected chi connectivity index (χ2v) is 17.5. The fraction of sp³-hybridized carbons (Fsp3) is 0.364. The number of H-pyrrole nitrogens is 1. The highest BCUT2D eigenvalue weighted by Gasteiger charge is 2.28. The summed E-state index contributed by atoms with van der Waals surface area (Å²) < 4.78 is 12.6. The highest BCUT2D eigenvalue weighted by molar-refractivity contribution is 5.94. The van der Waals surface area contributed by atoms with Crippen molar-refractivity contribution < 1.29 is 29.3 Å². The van der Waals surface area contributed by atoms with Crippen molar-refractivity contribution >= 4 is 22.9 Å². The molecular weight excluding hydrogens is 829 g/mol. The Morgan fingerprint density at radius 3 is 2.30 bits per heavy atom. The van der Waals surface area contributed by atoms with Gasteiger partial charge in [0.2, 0.25) is 5.56 Å². The van der Waals surface area contributed by atoms with Crippen LogP contribution >= 0.6 is 0 Å². The molecule has 66 heavy (non-hydrogen) atoms. The second kappa shape index (κ2) is 24.2. The Morgan fingerprint density at radius 2 is 1.55 bits per heavy atom. The predicted octanol–water partition coefficient (Wildman–Crippen LogP) is 10.5. The Bertz CT molecular complexity index is 2510. The molecule has 3 atom stereocenters. The monoisotopic (exact) mass is 892 g/mol. The van der Waals surface area contributed by atoms with Crippen LogP contribution in [0.15, 0.2) is 138 Å². The molecule has 7 rings (SSSR count). The molecule has 1 fully saturated rings. The summed E-state index contributed by atoms with van der Waals surface area (Å²) in [4.78, 5) is 44.0. The minimum Gasteiger partial charge on any atom is -0.506 e. The number of aliphatic hydroxyl groups is 1. The molecule has 1 aliphatic rings. The number of fused-ring (bicyclic) bond motifs is 1. The van der Waals surface area contributed by atoms with E-state index in [0.29, 0.717) is 54.2 Å². The third-order valence-electron chi connectivity index (χ3n) is 12.6.